The molecule has 0 aromatic rings. The zero-order valence-corrected chi connectivity index (χ0v) is 13.1. The average Bonchev–Trinajstić information content (AvgIpc) is 2.34. The van der Waals surface area contributed by atoms with Gasteiger partial charge in [0.25, 0.3) is 0 Å². The summed E-state index contributed by atoms with van der Waals surface area (Å²) < 4.78 is 0. The molecule has 0 aromatic carbocycles. The maximum absolute atomic E-state index is 2.49. The van der Waals surface area contributed by atoms with Crippen molar-refractivity contribution in [3.8, 4) is 0 Å². The Morgan fingerprint density at radius 2 is 1.41 bits per heavy atom. The highest BCUT2D eigenvalue weighted by atomic mass is 14.2. The van der Waals surface area contributed by atoms with Crippen LogP contribution in [-0.4, -0.2) is 0 Å². The molecule has 0 saturated heterocycles. The van der Waals surface area contributed by atoms with E-state index in [1.807, 2.05) is 0 Å². The number of hydrogen-bond acceptors (Lipinski definition) is 0. The summed E-state index contributed by atoms with van der Waals surface area (Å²) in [5.74, 6) is 2.87. The van der Waals surface area contributed by atoms with Gasteiger partial charge in [-0.25, -0.2) is 0 Å². The standard InChI is InChI=1S/C17H36/c1-6-9-10-12-17(11-7-2)16(5)14-13-15(4)8-3/h15-17H,6-14H2,1-5H3. The van der Waals surface area contributed by atoms with Gasteiger partial charge in [0.15, 0.2) is 0 Å². The predicted octanol–water partition coefficient (Wildman–Crippen LogP) is 6.45. The Kier molecular flexibility index (Phi) is 11.1. The van der Waals surface area contributed by atoms with E-state index in [2.05, 4.69) is 34.6 Å². The Morgan fingerprint density at radius 1 is 0.706 bits per heavy atom. The molecule has 0 aliphatic heterocycles. The molecule has 17 heavy (non-hydrogen) atoms. The van der Waals surface area contributed by atoms with Crippen LogP contribution in [0.3, 0.4) is 0 Å². The summed E-state index contributed by atoms with van der Waals surface area (Å²) in [7, 11) is 0. The number of unbranched alkanes of at least 4 members (excludes halogenated alkanes) is 2. The highest BCUT2D eigenvalue weighted by molar-refractivity contribution is 4.68. The van der Waals surface area contributed by atoms with Crippen LogP contribution in [0.2, 0.25) is 0 Å². The molecular weight excluding hydrogens is 204 g/mol. The first kappa shape index (κ1) is 17.0. The summed E-state index contributed by atoms with van der Waals surface area (Å²) >= 11 is 0. The summed E-state index contributed by atoms with van der Waals surface area (Å²) in [6.07, 6.45) is 12.8. The monoisotopic (exact) mass is 240 g/mol. The van der Waals surface area contributed by atoms with Crippen LogP contribution in [0, 0.1) is 17.8 Å². The van der Waals surface area contributed by atoms with Gasteiger partial charge in [-0.05, 0) is 17.8 Å². The minimum Gasteiger partial charge on any atom is -0.0654 e. The molecule has 0 aliphatic rings. The summed E-state index contributed by atoms with van der Waals surface area (Å²) in [6.45, 7) is 11.9. The van der Waals surface area contributed by atoms with E-state index in [9.17, 15) is 0 Å². The summed E-state index contributed by atoms with van der Waals surface area (Å²) in [4.78, 5) is 0. The van der Waals surface area contributed by atoms with Gasteiger partial charge in [0.2, 0.25) is 0 Å². The molecule has 0 amide bonds. The van der Waals surface area contributed by atoms with E-state index in [-0.39, 0.29) is 0 Å². The lowest BCUT2D eigenvalue weighted by Gasteiger charge is -2.24. The summed E-state index contributed by atoms with van der Waals surface area (Å²) in [5, 5.41) is 0. The second-order valence-electron chi connectivity index (χ2n) is 6.11. The van der Waals surface area contributed by atoms with Crippen molar-refractivity contribution >= 4 is 0 Å². The third-order valence-electron chi connectivity index (χ3n) is 4.45. The van der Waals surface area contributed by atoms with Crippen molar-refractivity contribution in [2.75, 3.05) is 0 Å². The number of rotatable bonds is 11. The Bertz CT molecular complexity index is 150. The zero-order valence-electron chi connectivity index (χ0n) is 13.1. The fourth-order valence-corrected chi connectivity index (χ4v) is 2.73. The zero-order chi connectivity index (χ0) is 13.1. The Morgan fingerprint density at radius 3 is 1.94 bits per heavy atom. The molecular formula is C17H36. The van der Waals surface area contributed by atoms with Crippen LogP contribution in [0.15, 0.2) is 0 Å². The smallest absolute Gasteiger partial charge is 0.0389 e. The molecule has 0 aliphatic carbocycles. The SMILES string of the molecule is CCCCCC(CCC)C(C)CCC(C)CC. The molecule has 3 atom stereocenters. The van der Waals surface area contributed by atoms with E-state index in [0.717, 1.165) is 17.8 Å². The minimum absolute atomic E-state index is 0.926. The lowest BCUT2D eigenvalue weighted by Crippen LogP contribution is -2.13. The third kappa shape index (κ3) is 8.69. The van der Waals surface area contributed by atoms with Crippen molar-refractivity contribution in [2.24, 2.45) is 17.8 Å². The van der Waals surface area contributed by atoms with Gasteiger partial charge in [0, 0.05) is 0 Å². The fraction of sp³-hybridized carbons (Fsp3) is 1.00. The van der Waals surface area contributed by atoms with Gasteiger partial charge in [0.1, 0.15) is 0 Å². The molecule has 0 radical (unpaired) electrons. The first-order chi connectivity index (χ1) is 8.15. The van der Waals surface area contributed by atoms with E-state index in [1.54, 1.807) is 0 Å². The highest BCUT2D eigenvalue weighted by Crippen LogP contribution is 2.28. The first-order valence-electron chi connectivity index (χ1n) is 8.15. The van der Waals surface area contributed by atoms with Gasteiger partial charge < -0.3 is 0 Å². The average molecular weight is 240 g/mol. The van der Waals surface area contributed by atoms with Crippen LogP contribution < -0.4 is 0 Å². The summed E-state index contributed by atoms with van der Waals surface area (Å²) in [6, 6.07) is 0. The van der Waals surface area contributed by atoms with E-state index in [1.165, 1.54) is 57.8 Å². The lowest BCUT2D eigenvalue weighted by molar-refractivity contribution is 0.270. The van der Waals surface area contributed by atoms with Crippen LogP contribution >= 0.6 is 0 Å². The Hall–Kier alpha value is 0. The van der Waals surface area contributed by atoms with Crippen molar-refractivity contribution in [1.29, 1.82) is 0 Å². The second kappa shape index (κ2) is 11.1. The van der Waals surface area contributed by atoms with Crippen molar-refractivity contribution < 1.29 is 0 Å². The molecule has 0 heterocycles. The van der Waals surface area contributed by atoms with E-state index >= 15 is 0 Å². The third-order valence-corrected chi connectivity index (χ3v) is 4.45. The van der Waals surface area contributed by atoms with E-state index in [4.69, 9.17) is 0 Å². The molecule has 0 heteroatoms. The van der Waals surface area contributed by atoms with Crippen LogP contribution in [0.25, 0.3) is 0 Å². The lowest BCUT2D eigenvalue weighted by atomic mass is 9.81. The minimum atomic E-state index is 0.926. The van der Waals surface area contributed by atoms with Crippen LogP contribution in [0.5, 0.6) is 0 Å². The second-order valence-corrected chi connectivity index (χ2v) is 6.11. The van der Waals surface area contributed by atoms with Gasteiger partial charge in [0.05, 0.1) is 0 Å². The van der Waals surface area contributed by atoms with Gasteiger partial charge >= 0.3 is 0 Å². The molecule has 0 N–H and O–H groups in total. The molecule has 0 nitrogen and oxygen atoms in total. The van der Waals surface area contributed by atoms with Gasteiger partial charge in [-0.1, -0.05) is 92.4 Å². The number of hydrogen-bond donors (Lipinski definition) is 0. The van der Waals surface area contributed by atoms with Crippen LogP contribution in [0.1, 0.15) is 92.4 Å². The van der Waals surface area contributed by atoms with Gasteiger partial charge in [-0.3, -0.25) is 0 Å². The van der Waals surface area contributed by atoms with Crippen LogP contribution in [0.4, 0.5) is 0 Å². The Balaban J connectivity index is 3.91. The van der Waals surface area contributed by atoms with Gasteiger partial charge in [-0.15, -0.1) is 0 Å². The molecule has 104 valence electrons. The van der Waals surface area contributed by atoms with E-state index < -0.39 is 0 Å². The summed E-state index contributed by atoms with van der Waals surface area (Å²) in [5.41, 5.74) is 0. The molecule has 3 unspecified atom stereocenters. The van der Waals surface area contributed by atoms with Crippen molar-refractivity contribution in [3.05, 3.63) is 0 Å². The predicted molar refractivity (Wildman–Crippen MR) is 80.4 cm³/mol. The van der Waals surface area contributed by atoms with E-state index in [0.29, 0.717) is 0 Å². The highest BCUT2D eigenvalue weighted by Gasteiger charge is 2.16. The molecule has 0 rings (SSSR count). The van der Waals surface area contributed by atoms with Crippen molar-refractivity contribution in [1.82, 2.24) is 0 Å². The van der Waals surface area contributed by atoms with Crippen molar-refractivity contribution in [3.63, 3.8) is 0 Å². The molecule has 0 fully saturated rings. The maximum atomic E-state index is 2.49. The topological polar surface area (TPSA) is 0 Å². The molecule has 0 bridgehead atoms. The van der Waals surface area contributed by atoms with Crippen molar-refractivity contribution in [2.45, 2.75) is 92.4 Å². The largest absolute Gasteiger partial charge is 0.0654 e. The quantitative estimate of drug-likeness (QED) is 0.364. The molecule has 0 saturated carbocycles. The van der Waals surface area contributed by atoms with Gasteiger partial charge in [-0.2, -0.15) is 0 Å². The normalized spacial score (nSPS) is 16.8. The molecule has 0 spiro atoms. The molecule has 0 aromatic heterocycles. The Labute approximate surface area is 111 Å². The fourth-order valence-electron chi connectivity index (χ4n) is 2.73. The maximum Gasteiger partial charge on any atom is -0.0389 e. The van der Waals surface area contributed by atoms with Crippen LogP contribution in [-0.2, 0) is 0 Å². The first-order valence-corrected chi connectivity index (χ1v) is 8.15.